The van der Waals surface area contributed by atoms with E-state index in [1.807, 2.05) is 21.0 Å². The van der Waals surface area contributed by atoms with Crippen molar-refractivity contribution < 1.29 is 14.3 Å². The molecule has 0 saturated carbocycles. The van der Waals surface area contributed by atoms with E-state index in [9.17, 15) is 4.79 Å². The van der Waals surface area contributed by atoms with Gasteiger partial charge in [-0.3, -0.25) is 0 Å². The number of unbranched alkanes of at least 4 members (excludes halogenated alkanes) is 15. The van der Waals surface area contributed by atoms with Gasteiger partial charge >= 0.3 is 6.09 Å². The zero-order valence-electron chi connectivity index (χ0n) is 22.0. The third-order valence-electron chi connectivity index (χ3n) is 5.22. The Kier molecular flexibility index (Phi) is 31.4. The molecule has 32 heavy (non-hydrogen) atoms. The second-order valence-electron chi connectivity index (χ2n) is 8.77. The van der Waals surface area contributed by atoms with Crippen molar-refractivity contribution in [3.63, 3.8) is 0 Å². The molecule has 1 atom stereocenters. The quantitative estimate of drug-likeness (QED) is 0.168. The molecule has 0 heterocycles. The monoisotopic (exact) mass is 459 g/mol. The first kappa shape index (κ1) is 33.3. The Balaban J connectivity index is 0. The fraction of sp³-hybridized carbons (Fsp3) is 0.962. The van der Waals surface area contributed by atoms with E-state index >= 15 is 0 Å². The van der Waals surface area contributed by atoms with E-state index in [1.54, 1.807) is 0 Å². The van der Waals surface area contributed by atoms with Crippen LogP contribution in [0.25, 0.3) is 0 Å². The van der Waals surface area contributed by atoms with Gasteiger partial charge in [0.1, 0.15) is 6.61 Å². The SMILES string of the molecule is CCCCCCCCCCCCCCCCCCOCC(N)COC(=O)NCC.CNC. The predicted octanol–water partition coefficient (Wildman–Crippen LogP) is 6.17. The summed E-state index contributed by atoms with van der Waals surface area (Å²) in [5.41, 5.74) is 5.86. The van der Waals surface area contributed by atoms with Gasteiger partial charge in [-0.1, -0.05) is 103 Å². The summed E-state index contributed by atoms with van der Waals surface area (Å²) < 4.78 is 10.5. The molecule has 0 bridgehead atoms. The fourth-order valence-electron chi connectivity index (χ4n) is 3.41. The number of amides is 1. The molecule has 0 rings (SSSR count). The van der Waals surface area contributed by atoms with Crippen LogP contribution in [-0.4, -0.2) is 52.6 Å². The van der Waals surface area contributed by atoms with Gasteiger partial charge in [-0.05, 0) is 27.4 Å². The third kappa shape index (κ3) is 31.3. The Labute approximate surface area is 200 Å². The van der Waals surface area contributed by atoms with Crippen molar-refractivity contribution in [3.05, 3.63) is 0 Å². The zero-order chi connectivity index (χ0) is 24.1. The normalized spacial score (nSPS) is 11.5. The molecule has 1 unspecified atom stereocenters. The largest absolute Gasteiger partial charge is 0.448 e. The topological polar surface area (TPSA) is 85.6 Å². The number of carbonyl (C=O) groups excluding carboxylic acids is 1. The Morgan fingerprint density at radius 2 is 1.12 bits per heavy atom. The molecule has 194 valence electrons. The minimum Gasteiger partial charge on any atom is -0.448 e. The minimum atomic E-state index is -0.416. The van der Waals surface area contributed by atoms with Crippen LogP contribution in [0.3, 0.4) is 0 Å². The molecule has 0 fully saturated rings. The van der Waals surface area contributed by atoms with Gasteiger partial charge in [-0.2, -0.15) is 0 Å². The van der Waals surface area contributed by atoms with Crippen LogP contribution < -0.4 is 16.4 Å². The number of nitrogens with one attached hydrogen (secondary N) is 2. The minimum absolute atomic E-state index is 0.199. The summed E-state index contributed by atoms with van der Waals surface area (Å²) in [7, 11) is 3.75. The van der Waals surface area contributed by atoms with Gasteiger partial charge < -0.3 is 25.8 Å². The maximum Gasteiger partial charge on any atom is 0.407 e. The molecule has 0 radical (unpaired) electrons. The van der Waals surface area contributed by atoms with Crippen molar-refractivity contribution in [2.75, 3.05) is 40.5 Å². The van der Waals surface area contributed by atoms with E-state index in [1.165, 1.54) is 96.3 Å². The van der Waals surface area contributed by atoms with E-state index in [0.717, 1.165) is 13.0 Å². The third-order valence-corrected chi connectivity index (χ3v) is 5.22. The Bertz CT molecular complexity index is 357. The lowest BCUT2D eigenvalue weighted by atomic mass is 10.0. The van der Waals surface area contributed by atoms with E-state index in [4.69, 9.17) is 15.2 Å². The molecule has 1 amide bonds. The highest BCUT2D eigenvalue weighted by molar-refractivity contribution is 5.66. The van der Waals surface area contributed by atoms with E-state index < -0.39 is 6.09 Å². The average molecular weight is 460 g/mol. The molecule has 6 nitrogen and oxygen atoms in total. The van der Waals surface area contributed by atoms with Crippen molar-refractivity contribution in [2.24, 2.45) is 5.73 Å². The van der Waals surface area contributed by atoms with Crippen LogP contribution in [0.4, 0.5) is 4.79 Å². The molecule has 0 saturated heterocycles. The second-order valence-corrected chi connectivity index (χ2v) is 8.77. The molecule has 6 heteroatoms. The van der Waals surface area contributed by atoms with Gasteiger partial charge in [0.25, 0.3) is 0 Å². The highest BCUT2D eigenvalue weighted by atomic mass is 16.6. The predicted molar refractivity (Wildman–Crippen MR) is 138 cm³/mol. The molecule has 0 aliphatic rings. The van der Waals surface area contributed by atoms with Crippen LogP contribution in [0.5, 0.6) is 0 Å². The number of carbonyl (C=O) groups is 1. The molecule has 0 aliphatic heterocycles. The van der Waals surface area contributed by atoms with E-state index in [0.29, 0.717) is 13.2 Å². The maximum absolute atomic E-state index is 11.2. The van der Waals surface area contributed by atoms with Crippen molar-refractivity contribution in [1.29, 1.82) is 0 Å². The summed E-state index contributed by atoms with van der Waals surface area (Å²) in [5, 5.41) is 5.32. The van der Waals surface area contributed by atoms with Crippen LogP contribution in [-0.2, 0) is 9.47 Å². The van der Waals surface area contributed by atoms with Crippen molar-refractivity contribution in [3.8, 4) is 0 Å². The first-order valence-electron chi connectivity index (χ1n) is 13.4. The number of nitrogens with two attached hydrogens (primary N) is 1. The van der Waals surface area contributed by atoms with Gasteiger partial charge in [-0.15, -0.1) is 0 Å². The van der Waals surface area contributed by atoms with E-state index in [-0.39, 0.29) is 12.6 Å². The lowest BCUT2D eigenvalue weighted by Gasteiger charge is -2.12. The molecular weight excluding hydrogens is 402 g/mol. The van der Waals surface area contributed by atoms with Gasteiger partial charge in [0.05, 0.1) is 12.6 Å². The molecule has 0 aromatic rings. The second kappa shape index (κ2) is 30.1. The molecule has 0 aromatic carbocycles. The average Bonchev–Trinajstić information content (AvgIpc) is 2.77. The fourth-order valence-corrected chi connectivity index (χ4v) is 3.41. The lowest BCUT2D eigenvalue weighted by molar-refractivity contribution is 0.0850. The summed E-state index contributed by atoms with van der Waals surface area (Å²) >= 11 is 0. The Hall–Kier alpha value is -0.850. The Morgan fingerprint density at radius 1 is 0.719 bits per heavy atom. The highest BCUT2D eigenvalue weighted by Gasteiger charge is 2.06. The first-order chi connectivity index (χ1) is 15.6. The number of hydrogen-bond acceptors (Lipinski definition) is 5. The van der Waals surface area contributed by atoms with Crippen molar-refractivity contribution >= 4 is 6.09 Å². The summed E-state index contributed by atoms with van der Waals surface area (Å²) in [4.78, 5) is 11.2. The van der Waals surface area contributed by atoms with Crippen LogP contribution >= 0.6 is 0 Å². The van der Waals surface area contributed by atoms with Crippen LogP contribution in [0.1, 0.15) is 117 Å². The summed E-state index contributed by atoms with van der Waals surface area (Å²) in [6, 6.07) is -0.251. The van der Waals surface area contributed by atoms with Crippen LogP contribution in [0.2, 0.25) is 0 Å². The van der Waals surface area contributed by atoms with E-state index in [2.05, 4.69) is 17.6 Å². The van der Waals surface area contributed by atoms with Crippen molar-refractivity contribution in [2.45, 2.75) is 123 Å². The Morgan fingerprint density at radius 3 is 1.53 bits per heavy atom. The highest BCUT2D eigenvalue weighted by Crippen LogP contribution is 2.13. The van der Waals surface area contributed by atoms with Crippen LogP contribution in [0, 0.1) is 0 Å². The standard InChI is InChI=1S/C24H50N2O3.C2H7N/c1-3-5-6-7-8-9-10-11-12-13-14-15-16-17-18-19-20-28-21-23(25)22-29-24(27)26-4-2;1-3-2/h23H,3-22,25H2,1-2H3,(H,26,27);3H,1-2H3. The van der Waals surface area contributed by atoms with Gasteiger partial charge in [0.2, 0.25) is 0 Å². The lowest BCUT2D eigenvalue weighted by Crippen LogP contribution is -2.35. The van der Waals surface area contributed by atoms with Crippen LogP contribution in [0.15, 0.2) is 0 Å². The van der Waals surface area contributed by atoms with Gasteiger partial charge in [-0.25, -0.2) is 4.79 Å². The maximum atomic E-state index is 11.2. The molecule has 0 spiro atoms. The molecular formula is C26H57N3O3. The summed E-state index contributed by atoms with van der Waals surface area (Å²) in [6.45, 7) is 6.07. The first-order valence-corrected chi connectivity index (χ1v) is 13.4. The summed E-state index contributed by atoms with van der Waals surface area (Å²) in [5.74, 6) is 0. The van der Waals surface area contributed by atoms with Gasteiger partial charge in [0.15, 0.2) is 0 Å². The number of rotatable bonds is 22. The molecule has 0 aliphatic carbocycles. The van der Waals surface area contributed by atoms with Crippen molar-refractivity contribution in [1.82, 2.24) is 10.6 Å². The number of hydrogen-bond donors (Lipinski definition) is 3. The number of alkyl carbamates (subject to hydrolysis) is 1. The molecule has 0 aromatic heterocycles. The number of ether oxygens (including phenoxy) is 2. The van der Waals surface area contributed by atoms with Gasteiger partial charge in [0, 0.05) is 13.2 Å². The zero-order valence-corrected chi connectivity index (χ0v) is 22.0. The smallest absolute Gasteiger partial charge is 0.407 e. The molecule has 4 N–H and O–H groups in total. The summed E-state index contributed by atoms with van der Waals surface area (Å²) in [6.07, 6.45) is 21.5.